The number of carbonyl (C=O) groups excluding carboxylic acids is 2. The van der Waals surface area contributed by atoms with Crippen LogP contribution in [0.1, 0.15) is 20.8 Å². The lowest BCUT2D eigenvalue weighted by Crippen LogP contribution is -2.38. The molecule has 0 spiro atoms. The second-order valence-electron chi connectivity index (χ2n) is 8.07. The van der Waals surface area contributed by atoms with Crippen LogP contribution in [0, 0.1) is 0 Å². The lowest BCUT2D eigenvalue weighted by atomic mass is 10.1. The minimum Gasteiger partial charge on any atom is -0.496 e. The molecule has 0 aliphatic carbocycles. The predicted molar refractivity (Wildman–Crippen MR) is 140 cm³/mol. The molecule has 2 amide bonds. The van der Waals surface area contributed by atoms with Crippen molar-refractivity contribution < 1.29 is 14.3 Å². The molecule has 0 atom stereocenters. The van der Waals surface area contributed by atoms with Gasteiger partial charge < -0.3 is 15.0 Å². The largest absolute Gasteiger partial charge is 0.496 e. The van der Waals surface area contributed by atoms with E-state index in [1.165, 1.54) is 4.88 Å². The molecule has 1 aliphatic rings. The lowest BCUT2D eigenvalue weighted by molar-refractivity contribution is -0.117. The van der Waals surface area contributed by atoms with Crippen molar-refractivity contribution in [2.45, 2.75) is 13.1 Å². The molecular formula is C26H29N3O3S2. The molecule has 0 radical (unpaired) electrons. The van der Waals surface area contributed by atoms with Gasteiger partial charge in [0.2, 0.25) is 5.91 Å². The van der Waals surface area contributed by atoms with Crippen LogP contribution in [0.25, 0.3) is 0 Å². The van der Waals surface area contributed by atoms with Gasteiger partial charge in [-0.1, -0.05) is 30.3 Å². The molecule has 1 saturated heterocycles. The molecule has 1 fully saturated rings. The van der Waals surface area contributed by atoms with Gasteiger partial charge in [-0.2, -0.15) is 11.8 Å². The number of anilines is 1. The van der Waals surface area contributed by atoms with Crippen molar-refractivity contribution in [1.29, 1.82) is 0 Å². The van der Waals surface area contributed by atoms with Gasteiger partial charge in [-0.25, -0.2) is 0 Å². The molecule has 3 aromatic rings. The number of para-hydroxylation sites is 1. The van der Waals surface area contributed by atoms with Gasteiger partial charge in [-0.05, 0) is 35.7 Å². The number of benzene rings is 2. The number of hydrogen-bond acceptors (Lipinski definition) is 6. The Kier molecular flexibility index (Phi) is 8.62. The van der Waals surface area contributed by atoms with Gasteiger partial charge in [0.25, 0.3) is 5.91 Å². The fourth-order valence-electron chi connectivity index (χ4n) is 3.95. The Hall–Kier alpha value is -2.81. The monoisotopic (exact) mass is 495 g/mol. The van der Waals surface area contributed by atoms with E-state index >= 15 is 0 Å². The minimum atomic E-state index is -0.120. The molecule has 6 nitrogen and oxygen atoms in total. The number of thioether (sulfide) groups is 1. The van der Waals surface area contributed by atoms with E-state index in [-0.39, 0.29) is 18.4 Å². The van der Waals surface area contributed by atoms with E-state index in [1.807, 2.05) is 70.6 Å². The Bertz CT molecular complexity index is 1100. The number of hydrogen-bond donors (Lipinski definition) is 1. The van der Waals surface area contributed by atoms with Gasteiger partial charge in [-0.3, -0.25) is 14.5 Å². The maximum Gasteiger partial charge on any atom is 0.253 e. The Morgan fingerprint density at radius 1 is 1.03 bits per heavy atom. The van der Waals surface area contributed by atoms with Crippen LogP contribution in [0.15, 0.2) is 66.0 Å². The molecule has 1 aromatic heterocycles. The van der Waals surface area contributed by atoms with E-state index in [0.29, 0.717) is 24.3 Å². The van der Waals surface area contributed by atoms with Crippen LogP contribution < -0.4 is 10.1 Å². The zero-order valence-electron chi connectivity index (χ0n) is 19.2. The van der Waals surface area contributed by atoms with Crippen molar-refractivity contribution in [3.8, 4) is 5.75 Å². The molecule has 0 bridgehead atoms. The second kappa shape index (κ2) is 12.1. The number of ether oxygens (including phenoxy) is 1. The summed E-state index contributed by atoms with van der Waals surface area (Å²) in [5, 5.41) is 5.02. The number of thiophene rings is 1. The zero-order chi connectivity index (χ0) is 23.8. The van der Waals surface area contributed by atoms with Crippen molar-refractivity contribution in [2.24, 2.45) is 0 Å². The lowest BCUT2D eigenvalue weighted by Gasteiger charge is -2.26. The fourth-order valence-corrected chi connectivity index (χ4v) is 5.60. The molecular weight excluding hydrogens is 466 g/mol. The number of nitrogens with one attached hydrogen (secondary N) is 1. The van der Waals surface area contributed by atoms with Crippen molar-refractivity contribution in [1.82, 2.24) is 9.80 Å². The summed E-state index contributed by atoms with van der Waals surface area (Å²) in [7, 11) is 1.66. The first-order valence-electron chi connectivity index (χ1n) is 11.3. The highest BCUT2D eigenvalue weighted by atomic mass is 32.2. The number of amides is 2. The molecule has 0 unspecified atom stereocenters. The van der Waals surface area contributed by atoms with E-state index in [2.05, 4.69) is 16.3 Å². The van der Waals surface area contributed by atoms with E-state index in [1.54, 1.807) is 24.5 Å². The Labute approximate surface area is 208 Å². The van der Waals surface area contributed by atoms with E-state index < -0.39 is 0 Å². The van der Waals surface area contributed by atoms with Crippen molar-refractivity contribution in [3.63, 3.8) is 0 Å². The maximum atomic E-state index is 13.0. The van der Waals surface area contributed by atoms with Crippen LogP contribution in [-0.4, -0.2) is 59.9 Å². The van der Waals surface area contributed by atoms with E-state index in [4.69, 9.17) is 4.74 Å². The van der Waals surface area contributed by atoms with E-state index in [0.717, 1.165) is 35.9 Å². The van der Waals surface area contributed by atoms with Crippen LogP contribution in [-0.2, 0) is 17.9 Å². The normalized spacial score (nSPS) is 13.6. The maximum absolute atomic E-state index is 13.0. The number of methoxy groups -OCH3 is 1. The summed E-state index contributed by atoms with van der Waals surface area (Å²) >= 11 is 3.54. The summed E-state index contributed by atoms with van der Waals surface area (Å²) in [6, 6.07) is 19.2. The first-order valence-corrected chi connectivity index (χ1v) is 13.3. The smallest absolute Gasteiger partial charge is 0.253 e. The molecule has 2 heterocycles. The average Bonchev–Trinajstić information content (AvgIpc) is 3.37. The van der Waals surface area contributed by atoms with Crippen molar-refractivity contribution >= 4 is 40.6 Å². The molecule has 34 heavy (non-hydrogen) atoms. The molecule has 8 heteroatoms. The third kappa shape index (κ3) is 6.62. The van der Waals surface area contributed by atoms with Crippen LogP contribution in [0.2, 0.25) is 0 Å². The highest BCUT2D eigenvalue weighted by Gasteiger charge is 2.19. The van der Waals surface area contributed by atoms with Gasteiger partial charge in [-0.15, -0.1) is 11.3 Å². The average molecular weight is 496 g/mol. The SMILES string of the molecule is COc1ccccc1CN(CC(=O)Nc1cccc(C(=O)N2CCSCC2)c1)Cc1cccs1. The first-order chi connectivity index (χ1) is 16.6. The van der Waals surface area contributed by atoms with Gasteiger partial charge in [0.1, 0.15) is 5.75 Å². The molecule has 1 aliphatic heterocycles. The topological polar surface area (TPSA) is 61.9 Å². The third-order valence-electron chi connectivity index (χ3n) is 5.60. The summed E-state index contributed by atoms with van der Waals surface area (Å²) in [6.45, 7) is 2.99. The molecule has 1 N–H and O–H groups in total. The van der Waals surface area contributed by atoms with Gasteiger partial charge in [0.15, 0.2) is 0 Å². The highest BCUT2D eigenvalue weighted by molar-refractivity contribution is 7.99. The summed E-state index contributed by atoms with van der Waals surface area (Å²) in [5.74, 6) is 2.64. The number of carbonyl (C=O) groups is 2. The predicted octanol–water partition coefficient (Wildman–Crippen LogP) is 4.59. The van der Waals surface area contributed by atoms with Crippen LogP contribution in [0.4, 0.5) is 5.69 Å². The van der Waals surface area contributed by atoms with Crippen LogP contribution in [0.3, 0.4) is 0 Å². The minimum absolute atomic E-state index is 0.0203. The van der Waals surface area contributed by atoms with Crippen molar-refractivity contribution in [2.75, 3.05) is 43.6 Å². The molecule has 178 valence electrons. The summed E-state index contributed by atoms with van der Waals surface area (Å²) < 4.78 is 5.51. The van der Waals surface area contributed by atoms with Crippen molar-refractivity contribution in [3.05, 3.63) is 82.0 Å². The number of nitrogens with zero attached hydrogens (tertiary/aromatic N) is 2. The summed E-state index contributed by atoms with van der Waals surface area (Å²) in [5.41, 5.74) is 2.27. The Morgan fingerprint density at radius 3 is 2.62 bits per heavy atom. The van der Waals surface area contributed by atoms with Crippen LogP contribution >= 0.6 is 23.1 Å². The Morgan fingerprint density at radius 2 is 1.85 bits per heavy atom. The van der Waals surface area contributed by atoms with Gasteiger partial charge in [0.05, 0.1) is 13.7 Å². The molecule has 4 rings (SSSR count). The zero-order valence-corrected chi connectivity index (χ0v) is 20.9. The van der Waals surface area contributed by atoms with Gasteiger partial charge >= 0.3 is 0 Å². The summed E-state index contributed by atoms with van der Waals surface area (Å²) in [6.07, 6.45) is 0. The van der Waals surface area contributed by atoms with Crippen LogP contribution in [0.5, 0.6) is 5.75 Å². The molecule has 0 saturated carbocycles. The second-order valence-corrected chi connectivity index (χ2v) is 10.3. The third-order valence-corrected chi connectivity index (χ3v) is 7.41. The standard InChI is InChI=1S/C26H29N3O3S2/c1-32-24-10-3-2-6-21(24)17-28(18-23-9-5-13-34-23)19-25(30)27-22-8-4-7-20(16-22)26(31)29-11-14-33-15-12-29/h2-10,13,16H,11-12,14-15,17-19H2,1H3,(H,27,30). The first kappa shape index (κ1) is 24.3. The van der Waals surface area contributed by atoms with Gasteiger partial charge in [0, 0.05) is 59.4 Å². The quantitative estimate of drug-likeness (QED) is 0.471. The highest BCUT2D eigenvalue weighted by Crippen LogP contribution is 2.22. The summed E-state index contributed by atoms with van der Waals surface area (Å²) in [4.78, 5) is 31.0. The Balaban J connectivity index is 1.43. The van der Waals surface area contributed by atoms with E-state index in [9.17, 15) is 9.59 Å². The molecule has 2 aromatic carbocycles. The number of rotatable bonds is 9. The fraction of sp³-hybridized carbons (Fsp3) is 0.308.